The number of hydrogen-bond donors (Lipinski definition) is 0. The molecule has 1 fully saturated rings. The van der Waals surface area contributed by atoms with Crippen molar-refractivity contribution in [1.82, 2.24) is 4.90 Å². The lowest BCUT2D eigenvalue weighted by Gasteiger charge is -2.24. The monoisotopic (exact) mass is 301 g/mol. The normalized spacial score (nSPS) is 20.5. The van der Waals surface area contributed by atoms with Crippen molar-refractivity contribution in [2.45, 2.75) is 36.0 Å². The Bertz CT molecular complexity index is 304. The van der Waals surface area contributed by atoms with Gasteiger partial charge in [-0.25, -0.2) is 4.79 Å². The van der Waals surface area contributed by atoms with Crippen LogP contribution in [0.15, 0.2) is 0 Å². The first kappa shape index (κ1) is 14.9. The largest absolute Gasteiger partial charge is 0.460 e. The fourth-order valence-corrected chi connectivity index (χ4v) is 1.96. The molecule has 0 N–H and O–H groups in total. The van der Waals surface area contributed by atoms with Crippen LogP contribution in [0.5, 0.6) is 0 Å². The molecule has 1 rings (SSSR count). The molecule has 1 aliphatic rings. The van der Waals surface area contributed by atoms with Gasteiger partial charge >= 0.3 is 5.97 Å². The number of carbonyl (C=O) groups is 2. The van der Waals surface area contributed by atoms with Crippen LogP contribution in [0.3, 0.4) is 0 Å². The summed E-state index contributed by atoms with van der Waals surface area (Å²) in [5, 5.41) is 0. The average molecular weight is 303 g/mol. The average Bonchev–Trinajstić information content (AvgIpc) is 2.71. The predicted molar refractivity (Wildman–Crippen MR) is 66.3 cm³/mol. The fraction of sp³-hybridized carbons (Fsp3) is 0.800. The number of halogens is 3. The first-order valence-corrected chi connectivity index (χ1v) is 6.53. The highest BCUT2D eigenvalue weighted by molar-refractivity contribution is 6.75. The van der Waals surface area contributed by atoms with Crippen LogP contribution in [0.1, 0.15) is 26.2 Å². The van der Waals surface area contributed by atoms with Crippen LogP contribution < -0.4 is 0 Å². The van der Waals surface area contributed by atoms with Gasteiger partial charge in [-0.1, -0.05) is 41.7 Å². The highest BCUT2D eigenvalue weighted by Gasteiger charge is 2.35. The van der Waals surface area contributed by atoms with Gasteiger partial charge in [-0.2, -0.15) is 0 Å². The molecule has 0 saturated carbocycles. The molecule has 4 nitrogen and oxygen atoms in total. The second-order valence-corrected chi connectivity index (χ2v) is 6.11. The van der Waals surface area contributed by atoms with E-state index in [0.29, 0.717) is 13.0 Å². The predicted octanol–water partition coefficient (Wildman–Crippen LogP) is 2.30. The maximum atomic E-state index is 11.6. The van der Waals surface area contributed by atoms with Crippen molar-refractivity contribution in [3.8, 4) is 0 Å². The number of rotatable bonds is 3. The molecule has 0 aromatic rings. The SMILES string of the molecule is CCC(=O)N1CCC[C@@H]1COC(=O)C(Cl)(Cl)Cl. The van der Waals surface area contributed by atoms with E-state index in [9.17, 15) is 9.59 Å². The molecule has 17 heavy (non-hydrogen) atoms. The summed E-state index contributed by atoms with van der Waals surface area (Å²) < 4.78 is 2.83. The summed E-state index contributed by atoms with van der Waals surface area (Å²) >= 11 is 16.1. The molecule has 98 valence electrons. The van der Waals surface area contributed by atoms with Gasteiger partial charge in [0.05, 0.1) is 6.04 Å². The molecule has 0 aliphatic carbocycles. The topological polar surface area (TPSA) is 46.6 Å². The van der Waals surface area contributed by atoms with Gasteiger partial charge in [0.1, 0.15) is 6.61 Å². The molecule has 0 aromatic heterocycles. The Morgan fingerprint density at radius 2 is 2.06 bits per heavy atom. The van der Waals surface area contributed by atoms with Crippen molar-refractivity contribution in [2.24, 2.45) is 0 Å². The van der Waals surface area contributed by atoms with Crippen LogP contribution in [0.25, 0.3) is 0 Å². The molecular weight excluding hydrogens is 288 g/mol. The minimum absolute atomic E-state index is 0.0532. The molecule has 1 saturated heterocycles. The summed E-state index contributed by atoms with van der Waals surface area (Å²) in [6, 6.07) is -0.0984. The molecule has 0 radical (unpaired) electrons. The number of carbonyl (C=O) groups excluding carboxylic acids is 2. The summed E-state index contributed by atoms with van der Waals surface area (Å²) in [5.41, 5.74) is 0. The van der Waals surface area contributed by atoms with E-state index in [1.54, 1.807) is 11.8 Å². The van der Waals surface area contributed by atoms with Gasteiger partial charge in [0.2, 0.25) is 5.91 Å². The van der Waals surface area contributed by atoms with Crippen LogP contribution in [0.4, 0.5) is 0 Å². The van der Waals surface area contributed by atoms with Crippen LogP contribution in [-0.4, -0.2) is 39.8 Å². The zero-order chi connectivity index (χ0) is 13.1. The van der Waals surface area contributed by atoms with E-state index in [-0.39, 0.29) is 18.6 Å². The minimum Gasteiger partial charge on any atom is -0.460 e. The summed E-state index contributed by atoms with van der Waals surface area (Å²) in [5.74, 6) is -0.851. The van der Waals surface area contributed by atoms with Crippen LogP contribution >= 0.6 is 34.8 Å². The number of ether oxygens (including phenoxy) is 1. The number of nitrogens with zero attached hydrogens (tertiary/aromatic N) is 1. The maximum Gasteiger partial charge on any atom is 0.358 e. The van der Waals surface area contributed by atoms with Gasteiger partial charge in [-0.15, -0.1) is 0 Å². The summed E-state index contributed by atoms with van der Waals surface area (Å²) in [6.45, 7) is 2.58. The number of amides is 1. The van der Waals surface area contributed by atoms with Crippen molar-refractivity contribution >= 4 is 46.7 Å². The lowest BCUT2D eigenvalue weighted by Crippen LogP contribution is -2.39. The Balaban J connectivity index is 2.46. The van der Waals surface area contributed by atoms with Gasteiger partial charge in [-0.05, 0) is 12.8 Å². The zero-order valence-electron chi connectivity index (χ0n) is 9.42. The Morgan fingerprint density at radius 1 is 1.41 bits per heavy atom. The van der Waals surface area contributed by atoms with Gasteiger partial charge in [0.15, 0.2) is 0 Å². The number of hydrogen-bond acceptors (Lipinski definition) is 3. The Hall–Kier alpha value is -0.190. The summed E-state index contributed by atoms with van der Waals surface area (Å²) in [6.07, 6.45) is 2.15. The quantitative estimate of drug-likeness (QED) is 0.593. The molecule has 0 aromatic carbocycles. The minimum atomic E-state index is -2.06. The van der Waals surface area contributed by atoms with Crippen LogP contribution in [-0.2, 0) is 14.3 Å². The summed E-state index contributed by atoms with van der Waals surface area (Å²) in [7, 11) is 0. The third-order valence-electron chi connectivity index (χ3n) is 2.64. The molecule has 0 unspecified atom stereocenters. The Morgan fingerprint density at radius 3 is 2.59 bits per heavy atom. The smallest absolute Gasteiger partial charge is 0.358 e. The van der Waals surface area contributed by atoms with E-state index in [4.69, 9.17) is 39.5 Å². The number of esters is 1. The molecule has 7 heteroatoms. The van der Waals surface area contributed by atoms with Crippen molar-refractivity contribution in [3.63, 3.8) is 0 Å². The van der Waals surface area contributed by atoms with E-state index in [2.05, 4.69) is 0 Å². The van der Waals surface area contributed by atoms with Crippen LogP contribution in [0.2, 0.25) is 0 Å². The Labute approximate surface area is 115 Å². The van der Waals surface area contributed by atoms with Crippen molar-refractivity contribution in [1.29, 1.82) is 0 Å². The first-order valence-electron chi connectivity index (χ1n) is 5.39. The van der Waals surface area contributed by atoms with Crippen molar-refractivity contribution in [2.75, 3.05) is 13.2 Å². The zero-order valence-corrected chi connectivity index (χ0v) is 11.7. The van der Waals surface area contributed by atoms with E-state index in [1.807, 2.05) is 0 Å². The third-order valence-corrected chi connectivity index (χ3v) is 3.10. The Kier molecular flexibility index (Phi) is 5.35. The van der Waals surface area contributed by atoms with Gasteiger partial charge in [-0.3, -0.25) is 4.79 Å². The standard InChI is InChI=1S/C10H14Cl3NO3/c1-2-8(15)14-5-3-4-7(14)6-17-9(16)10(11,12)13/h7H,2-6H2,1H3/t7-/m1/s1. The highest BCUT2D eigenvalue weighted by Crippen LogP contribution is 2.28. The van der Waals surface area contributed by atoms with Crippen molar-refractivity contribution in [3.05, 3.63) is 0 Å². The van der Waals surface area contributed by atoms with Crippen LogP contribution in [0, 0.1) is 0 Å². The lowest BCUT2D eigenvalue weighted by atomic mass is 10.2. The maximum absolute atomic E-state index is 11.6. The molecular formula is C10H14Cl3NO3. The number of likely N-dealkylation sites (tertiary alicyclic amines) is 1. The molecule has 1 heterocycles. The van der Waals surface area contributed by atoms with E-state index >= 15 is 0 Å². The fourth-order valence-electron chi connectivity index (χ4n) is 1.79. The molecule has 1 atom stereocenters. The molecule has 1 aliphatic heterocycles. The molecule has 0 bridgehead atoms. The second-order valence-electron chi connectivity index (χ2n) is 3.83. The summed E-state index contributed by atoms with van der Waals surface area (Å²) in [4.78, 5) is 24.5. The molecule has 1 amide bonds. The van der Waals surface area contributed by atoms with E-state index < -0.39 is 9.76 Å². The molecule has 0 spiro atoms. The highest BCUT2D eigenvalue weighted by atomic mass is 35.6. The van der Waals surface area contributed by atoms with Crippen molar-refractivity contribution < 1.29 is 14.3 Å². The third kappa shape index (κ3) is 4.19. The van der Waals surface area contributed by atoms with Gasteiger partial charge in [0, 0.05) is 13.0 Å². The van der Waals surface area contributed by atoms with E-state index in [0.717, 1.165) is 12.8 Å². The lowest BCUT2D eigenvalue weighted by molar-refractivity contribution is -0.146. The first-order chi connectivity index (χ1) is 7.86. The van der Waals surface area contributed by atoms with Gasteiger partial charge < -0.3 is 9.64 Å². The van der Waals surface area contributed by atoms with E-state index in [1.165, 1.54) is 0 Å². The number of alkyl halides is 3. The van der Waals surface area contributed by atoms with Gasteiger partial charge in [0.25, 0.3) is 3.79 Å². The second kappa shape index (κ2) is 6.12.